The van der Waals surface area contributed by atoms with Gasteiger partial charge in [0.2, 0.25) is 15.9 Å². The normalized spacial score (nSPS) is 15.8. The van der Waals surface area contributed by atoms with Crippen LogP contribution in [0.15, 0.2) is 59.6 Å². The zero-order valence-electron chi connectivity index (χ0n) is 19.4. The van der Waals surface area contributed by atoms with Crippen LogP contribution >= 0.6 is 0 Å². The van der Waals surface area contributed by atoms with Crippen LogP contribution in [-0.2, 0) is 26.2 Å². The Morgan fingerprint density at radius 3 is 2.49 bits per heavy atom. The molecule has 1 aromatic heterocycles. The second-order valence-corrected chi connectivity index (χ2v) is 9.63. The molecule has 198 valence electrons. The number of alkyl halides is 3. The highest BCUT2D eigenvalue weighted by molar-refractivity contribution is 7.89. The lowest BCUT2D eigenvalue weighted by Crippen LogP contribution is -2.41. The van der Waals surface area contributed by atoms with E-state index in [2.05, 4.69) is 9.71 Å². The molecule has 0 saturated carbocycles. The van der Waals surface area contributed by atoms with Crippen molar-refractivity contribution in [2.45, 2.75) is 30.1 Å². The number of carbonyl (C=O) groups is 2. The predicted molar refractivity (Wildman–Crippen MR) is 127 cm³/mol. The molecular weight excluding hydrogens is 517 g/mol. The van der Waals surface area contributed by atoms with E-state index >= 15 is 0 Å². The number of benzene rings is 2. The highest BCUT2D eigenvalue weighted by Gasteiger charge is 2.38. The number of hydrogen-bond donors (Lipinski definition) is 3. The number of hydrogen-bond acceptors (Lipinski definition) is 7. The topological polar surface area (TPSA) is 152 Å². The molecule has 2 heterocycles. The van der Waals surface area contributed by atoms with Crippen molar-refractivity contribution >= 4 is 38.5 Å². The third kappa shape index (κ3) is 6.65. The SMILES string of the molecule is COc1cc2ccnc(N)c2cc1CN1CC[C@H](NS(=O)(=O)c2ccccc2)C1=O.O=C(O)C(F)(F)F. The van der Waals surface area contributed by atoms with Crippen LogP contribution in [0.25, 0.3) is 10.8 Å². The number of fused-ring (bicyclic) bond motifs is 1. The van der Waals surface area contributed by atoms with E-state index in [9.17, 15) is 26.4 Å². The van der Waals surface area contributed by atoms with Gasteiger partial charge in [0.1, 0.15) is 17.6 Å². The van der Waals surface area contributed by atoms with Crippen molar-refractivity contribution in [3.63, 3.8) is 0 Å². The summed E-state index contributed by atoms with van der Waals surface area (Å²) in [6, 6.07) is 12.8. The van der Waals surface area contributed by atoms with Gasteiger partial charge in [0.05, 0.1) is 12.0 Å². The van der Waals surface area contributed by atoms with Crippen LogP contribution in [0.2, 0.25) is 0 Å². The number of nitrogen functional groups attached to an aromatic ring is 1. The Morgan fingerprint density at radius 2 is 1.89 bits per heavy atom. The molecule has 1 aliphatic heterocycles. The van der Waals surface area contributed by atoms with E-state index in [1.54, 1.807) is 36.4 Å². The van der Waals surface area contributed by atoms with Gasteiger partial charge in [0, 0.05) is 30.2 Å². The summed E-state index contributed by atoms with van der Waals surface area (Å²) in [6.45, 7) is 0.723. The second kappa shape index (κ2) is 11.0. The second-order valence-electron chi connectivity index (χ2n) is 7.92. The van der Waals surface area contributed by atoms with E-state index in [1.165, 1.54) is 12.1 Å². The Balaban J connectivity index is 0.000000479. The fourth-order valence-electron chi connectivity index (χ4n) is 3.65. The lowest BCUT2D eigenvalue weighted by molar-refractivity contribution is -0.192. The molecule has 1 atom stereocenters. The number of carboxylic acids is 1. The lowest BCUT2D eigenvalue weighted by Gasteiger charge is -2.19. The summed E-state index contributed by atoms with van der Waals surface area (Å²) in [5.41, 5.74) is 6.77. The number of carbonyl (C=O) groups excluding carboxylic acids is 1. The molecule has 14 heteroatoms. The summed E-state index contributed by atoms with van der Waals surface area (Å²) in [6.07, 6.45) is -3.06. The van der Waals surface area contributed by atoms with E-state index in [0.29, 0.717) is 24.5 Å². The molecule has 0 spiro atoms. The van der Waals surface area contributed by atoms with Gasteiger partial charge in [0.25, 0.3) is 0 Å². The van der Waals surface area contributed by atoms with Gasteiger partial charge in [0.15, 0.2) is 0 Å². The number of carboxylic acid groups (broad SMARTS) is 1. The van der Waals surface area contributed by atoms with Crippen molar-refractivity contribution in [3.8, 4) is 5.75 Å². The molecular formula is C23H23F3N4O6S. The number of nitrogens with one attached hydrogen (secondary N) is 1. The first-order chi connectivity index (χ1) is 17.3. The highest BCUT2D eigenvalue weighted by atomic mass is 32.2. The molecule has 1 amide bonds. The Kier molecular flexibility index (Phi) is 8.23. The first kappa shape index (κ1) is 27.7. The molecule has 10 nitrogen and oxygen atoms in total. The Hall–Kier alpha value is -3.91. The Bertz CT molecular complexity index is 1400. The van der Waals surface area contributed by atoms with E-state index in [1.807, 2.05) is 18.2 Å². The molecule has 0 unspecified atom stereocenters. The summed E-state index contributed by atoms with van der Waals surface area (Å²) < 4.78 is 64.9. The Labute approximate surface area is 209 Å². The number of ether oxygens (including phenoxy) is 1. The minimum absolute atomic E-state index is 0.135. The quantitative estimate of drug-likeness (QED) is 0.431. The maximum Gasteiger partial charge on any atom is 0.490 e. The number of methoxy groups -OCH3 is 1. The number of likely N-dealkylation sites (tertiary alicyclic amines) is 1. The summed E-state index contributed by atoms with van der Waals surface area (Å²) >= 11 is 0. The maximum atomic E-state index is 12.9. The number of sulfonamides is 1. The average molecular weight is 541 g/mol. The largest absolute Gasteiger partial charge is 0.496 e. The van der Waals surface area contributed by atoms with Crippen LogP contribution in [0.3, 0.4) is 0 Å². The zero-order valence-corrected chi connectivity index (χ0v) is 20.2. The van der Waals surface area contributed by atoms with Gasteiger partial charge in [-0.15, -0.1) is 0 Å². The third-order valence-electron chi connectivity index (χ3n) is 5.45. The van der Waals surface area contributed by atoms with Gasteiger partial charge in [-0.05, 0) is 42.1 Å². The van der Waals surface area contributed by atoms with E-state index < -0.39 is 28.2 Å². The van der Waals surface area contributed by atoms with Gasteiger partial charge in [-0.1, -0.05) is 18.2 Å². The molecule has 4 rings (SSSR count). The minimum atomic E-state index is -5.08. The number of nitrogens with two attached hydrogens (primary N) is 1. The van der Waals surface area contributed by atoms with Gasteiger partial charge >= 0.3 is 12.1 Å². The fraction of sp³-hybridized carbons (Fsp3) is 0.261. The van der Waals surface area contributed by atoms with Crippen molar-refractivity contribution in [2.24, 2.45) is 0 Å². The van der Waals surface area contributed by atoms with Crippen LogP contribution in [0.4, 0.5) is 19.0 Å². The van der Waals surface area contributed by atoms with Crippen LogP contribution < -0.4 is 15.2 Å². The van der Waals surface area contributed by atoms with E-state index in [-0.39, 0.29) is 17.3 Å². The van der Waals surface area contributed by atoms with Gasteiger partial charge in [-0.3, -0.25) is 4.79 Å². The van der Waals surface area contributed by atoms with Crippen molar-refractivity contribution in [3.05, 3.63) is 60.3 Å². The number of halogens is 3. The average Bonchev–Trinajstić information content (AvgIpc) is 3.17. The fourth-order valence-corrected chi connectivity index (χ4v) is 4.89. The number of aromatic nitrogens is 1. The van der Waals surface area contributed by atoms with Crippen molar-refractivity contribution < 1.29 is 41.0 Å². The third-order valence-corrected chi connectivity index (χ3v) is 6.94. The standard InChI is InChI=1S/C21H22N4O4S.C2HF3O2/c1-29-19-12-14-7-9-23-20(22)17(14)11-15(19)13-25-10-8-18(21(25)26)24-30(27,28)16-5-3-2-4-6-16;3-2(4,5)1(6)7/h2-7,9,11-12,18,24H,8,10,13H2,1H3,(H2,22,23);(H,6,7)/t18-;/m0./s1. The van der Waals surface area contributed by atoms with E-state index in [4.69, 9.17) is 20.4 Å². The summed E-state index contributed by atoms with van der Waals surface area (Å²) in [4.78, 5) is 27.6. The van der Waals surface area contributed by atoms with Crippen molar-refractivity contribution in [1.29, 1.82) is 0 Å². The van der Waals surface area contributed by atoms with Gasteiger partial charge < -0.3 is 20.5 Å². The summed E-state index contributed by atoms with van der Waals surface area (Å²) in [5.74, 6) is -1.99. The molecule has 2 aromatic carbocycles. The van der Waals surface area contributed by atoms with E-state index in [0.717, 1.165) is 16.3 Å². The maximum absolute atomic E-state index is 12.9. The Morgan fingerprint density at radius 1 is 1.24 bits per heavy atom. The molecule has 4 N–H and O–H groups in total. The number of rotatable bonds is 6. The molecule has 3 aromatic rings. The molecule has 0 radical (unpaired) electrons. The van der Waals surface area contributed by atoms with Crippen LogP contribution in [0.1, 0.15) is 12.0 Å². The predicted octanol–water partition coefficient (Wildman–Crippen LogP) is 2.54. The first-order valence-electron chi connectivity index (χ1n) is 10.7. The number of pyridine rings is 1. The lowest BCUT2D eigenvalue weighted by atomic mass is 10.1. The zero-order chi connectivity index (χ0) is 27.4. The van der Waals surface area contributed by atoms with Crippen LogP contribution in [-0.4, -0.2) is 61.2 Å². The van der Waals surface area contributed by atoms with Crippen molar-refractivity contribution in [1.82, 2.24) is 14.6 Å². The smallest absolute Gasteiger partial charge is 0.490 e. The summed E-state index contributed by atoms with van der Waals surface area (Å²) in [5, 5.41) is 8.80. The molecule has 1 saturated heterocycles. The van der Waals surface area contributed by atoms with Crippen molar-refractivity contribution in [2.75, 3.05) is 19.4 Å². The monoisotopic (exact) mass is 540 g/mol. The molecule has 1 fully saturated rings. The number of anilines is 1. The highest BCUT2D eigenvalue weighted by Crippen LogP contribution is 2.30. The molecule has 0 aliphatic carbocycles. The van der Waals surface area contributed by atoms with Gasteiger partial charge in [-0.2, -0.15) is 17.9 Å². The van der Waals surface area contributed by atoms with Crippen LogP contribution in [0, 0.1) is 0 Å². The van der Waals surface area contributed by atoms with Crippen LogP contribution in [0.5, 0.6) is 5.75 Å². The molecule has 37 heavy (non-hydrogen) atoms. The number of aliphatic carboxylic acids is 1. The minimum Gasteiger partial charge on any atom is -0.496 e. The number of nitrogens with zero attached hydrogens (tertiary/aromatic N) is 2. The summed E-state index contributed by atoms with van der Waals surface area (Å²) in [7, 11) is -2.20. The molecule has 0 bridgehead atoms. The number of amides is 1. The first-order valence-corrected chi connectivity index (χ1v) is 12.2. The van der Waals surface area contributed by atoms with Gasteiger partial charge in [-0.25, -0.2) is 18.2 Å². The molecule has 1 aliphatic rings.